The van der Waals surface area contributed by atoms with Crippen LogP contribution in [0.4, 0.5) is 5.69 Å². The first-order valence-corrected chi connectivity index (χ1v) is 5.32. The van der Waals surface area contributed by atoms with E-state index in [4.69, 9.17) is 5.73 Å². The number of halogens is 1. The first-order chi connectivity index (χ1) is 6.79. The van der Waals surface area contributed by atoms with Gasteiger partial charge in [0.15, 0.2) is 0 Å². The fourth-order valence-electron chi connectivity index (χ4n) is 1.34. The van der Waals surface area contributed by atoms with Gasteiger partial charge in [0.1, 0.15) is 3.70 Å². The monoisotopic (exact) mass is 296 g/mol. The Morgan fingerprint density at radius 2 is 1.79 bits per heavy atom. The lowest BCUT2D eigenvalue weighted by molar-refractivity contribution is 1.28. The fourth-order valence-corrected chi connectivity index (χ4v) is 2.12. The topological polar surface area (TPSA) is 38.9 Å². The molecule has 0 radical (unpaired) electrons. The highest BCUT2D eigenvalue weighted by atomic mass is 127. The highest BCUT2D eigenvalue weighted by Gasteiger charge is 2.06. The summed E-state index contributed by atoms with van der Waals surface area (Å²) in [6.07, 6.45) is 1.73. The summed E-state index contributed by atoms with van der Waals surface area (Å²) >= 11 is 2.20. The highest BCUT2D eigenvalue weighted by molar-refractivity contribution is 14.1. The van der Waals surface area contributed by atoms with Gasteiger partial charge in [-0.15, -0.1) is 0 Å². The van der Waals surface area contributed by atoms with Crippen LogP contribution >= 0.6 is 22.6 Å². The standard InChI is InChI=1S/C11H9IN2/c12-11-10(9(13)6-7-14-11)8-4-2-1-3-5-8/h1-7H,(H2,13,14). The predicted molar refractivity (Wildman–Crippen MR) is 66.8 cm³/mol. The third-order valence-electron chi connectivity index (χ3n) is 2.00. The normalized spacial score (nSPS) is 10.1. The third kappa shape index (κ3) is 1.72. The van der Waals surface area contributed by atoms with Gasteiger partial charge in [0.25, 0.3) is 0 Å². The second-order valence-corrected chi connectivity index (χ2v) is 3.95. The van der Waals surface area contributed by atoms with Crippen molar-refractivity contribution in [3.05, 3.63) is 46.3 Å². The van der Waals surface area contributed by atoms with Crippen molar-refractivity contribution in [2.75, 3.05) is 5.73 Å². The summed E-state index contributed by atoms with van der Waals surface area (Å²) in [7, 11) is 0. The summed E-state index contributed by atoms with van der Waals surface area (Å²) < 4.78 is 0.939. The minimum absolute atomic E-state index is 0.774. The molecule has 2 aromatic rings. The molecule has 0 atom stereocenters. The highest BCUT2D eigenvalue weighted by Crippen LogP contribution is 2.28. The average Bonchev–Trinajstić information content (AvgIpc) is 2.19. The predicted octanol–water partition coefficient (Wildman–Crippen LogP) is 2.94. The van der Waals surface area contributed by atoms with Gasteiger partial charge in [0, 0.05) is 17.4 Å². The molecule has 0 fully saturated rings. The first-order valence-electron chi connectivity index (χ1n) is 4.24. The van der Waals surface area contributed by atoms with Crippen molar-refractivity contribution in [2.24, 2.45) is 0 Å². The molecule has 0 saturated heterocycles. The smallest absolute Gasteiger partial charge is 0.111 e. The van der Waals surface area contributed by atoms with Gasteiger partial charge in [-0.2, -0.15) is 0 Å². The Morgan fingerprint density at radius 1 is 1.07 bits per heavy atom. The van der Waals surface area contributed by atoms with Gasteiger partial charge in [0.2, 0.25) is 0 Å². The number of rotatable bonds is 1. The molecule has 0 aliphatic heterocycles. The number of nitrogens with zero attached hydrogens (tertiary/aromatic N) is 1. The van der Waals surface area contributed by atoms with Crippen LogP contribution in [0.2, 0.25) is 0 Å². The molecule has 0 aliphatic rings. The lowest BCUT2D eigenvalue weighted by Gasteiger charge is -2.06. The molecule has 0 aliphatic carbocycles. The minimum atomic E-state index is 0.774. The second kappa shape index (κ2) is 3.96. The Hall–Kier alpha value is -1.10. The molecule has 0 saturated carbocycles. The van der Waals surface area contributed by atoms with Crippen LogP contribution in [0.1, 0.15) is 0 Å². The van der Waals surface area contributed by atoms with E-state index in [1.165, 1.54) is 0 Å². The molecule has 2 rings (SSSR count). The van der Waals surface area contributed by atoms with Crippen molar-refractivity contribution >= 4 is 28.3 Å². The lowest BCUT2D eigenvalue weighted by Crippen LogP contribution is -1.94. The largest absolute Gasteiger partial charge is 0.398 e. The molecule has 2 nitrogen and oxygen atoms in total. The number of nitrogen functional groups attached to an aromatic ring is 1. The molecule has 0 spiro atoms. The number of benzene rings is 1. The summed E-state index contributed by atoms with van der Waals surface area (Å²) in [4.78, 5) is 4.22. The van der Waals surface area contributed by atoms with Crippen molar-refractivity contribution < 1.29 is 0 Å². The number of hydrogen-bond donors (Lipinski definition) is 1. The SMILES string of the molecule is Nc1ccnc(I)c1-c1ccccc1. The number of aromatic nitrogens is 1. The molecule has 70 valence electrons. The molecule has 1 aromatic carbocycles. The molecule has 1 heterocycles. The van der Waals surface area contributed by atoms with Crippen LogP contribution in [0.3, 0.4) is 0 Å². The Bertz CT molecular complexity index is 420. The average molecular weight is 296 g/mol. The fraction of sp³-hybridized carbons (Fsp3) is 0. The van der Waals surface area contributed by atoms with E-state index in [0.717, 1.165) is 20.5 Å². The molecule has 0 bridgehead atoms. The van der Waals surface area contributed by atoms with E-state index in [0.29, 0.717) is 0 Å². The van der Waals surface area contributed by atoms with Crippen LogP contribution in [-0.4, -0.2) is 4.98 Å². The van der Waals surface area contributed by atoms with Gasteiger partial charge in [-0.25, -0.2) is 4.98 Å². The summed E-state index contributed by atoms with van der Waals surface area (Å²) in [5.41, 5.74) is 8.82. The maximum absolute atomic E-state index is 5.91. The molecule has 0 amide bonds. The molecule has 0 unspecified atom stereocenters. The maximum atomic E-state index is 5.91. The van der Waals surface area contributed by atoms with E-state index in [2.05, 4.69) is 27.6 Å². The molecule has 3 heteroatoms. The Labute approximate surface area is 96.3 Å². The Morgan fingerprint density at radius 3 is 2.43 bits per heavy atom. The summed E-state index contributed by atoms with van der Waals surface area (Å²) in [6, 6.07) is 11.9. The van der Waals surface area contributed by atoms with E-state index in [9.17, 15) is 0 Å². The Balaban J connectivity index is 2.63. The second-order valence-electron chi connectivity index (χ2n) is 2.93. The number of hydrogen-bond acceptors (Lipinski definition) is 2. The zero-order valence-electron chi connectivity index (χ0n) is 7.44. The van der Waals surface area contributed by atoms with Crippen LogP contribution in [0, 0.1) is 3.70 Å². The zero-order chi connectivity index (χ0) is 9.97. The number of anilines is 1. The molecular formula is C11H9IN2. The van der Waals surface area contributed by atoms with Crippen LogP contribution in [0.5, 0.6) is 0 Å². The van der Waals surface area contributed by atoms with Gasteiger partial charge in [-0.05, 0) is 34.2 Å². The van der Waals surface area contributed by atoms with Gasteiger partial charge >= 0.3 is 0 Å². The first kappa shape index (κ1) is 9.45. The summed E-state index contributed by atoms with van der Waals surface area (Å²) in [6.45, 7) is 0. The molecular weight excluding hydrogens is 287 g/mol. The van der Waals surface area contributed by atoms with E-state index < -0.39 is 0 Å². The summed E-state index contributed by atoms with van der Waals surface area (Å²) in [5.74, 6) is 0. The van der Waals surface area contributed by atoms with Gasteiger partial charge in [0.05, 0.1) is 0 Å². The van der Waals surface area contributed by atoms with E-state index in [-0.39, 0.29) is 0 Å². The van der Waals surface area contributed by atoms with Crippen LogP contribution < -0.4 is 5.73 Å². The van der Waals surface area contributed by atoms with Crippen LogP contribution in [0.15, 0.2) is 42.6 Å². The number of pyridine rings is 1. The summed E-state index contributed by atoms with van der Waals surface area (Å²) in [5, 5.41) is 0. The van der Waals surface area contributed by atoms with Crippen LogP contribution in [0.25, 0.3) is 11.1 Å². The maximum Gasteiger partial charge on any atom is 0.111 e. The minimum Gasteiger partial charge on any atom is -0.398 e. The van der Waals surface area contributed by atoms with Crippen molar-refractivity contribution in [3.63, 3.8) is 0 Å². The van der Waals surface area contributed by atoms with E-state index in [1.54, 1.807) is 6.20 Å². The van der Waals surface area contributed by atoms with Gasteiger partial charge in [-0.1, -0.05) is 30.3 Å². The third-order valence-corrected chi connectivity index (χ3v) is 2.82. The zero-order valence-corrected chi connectivity index (χ0v) is 9.60. The van der Waals surface area contributed by atoms with E-state index in [1.807, 2.05) is 36.4 Å². The molecule has 1 aromatic heterocycles. The quantitative estimate of drug-likeness (QED) is 0.649. The van der Waals surface area contributed by atoms with Crippen molar-refractivity contribution in [2.45, 2.75) is 0 Å². The van der Waals surface area contributed by atoms with Crippen molar-refractivity contribution in [3.8, 4) is 11.1 Å². The number of nitrogens with two attached hydrogens (primary N) is 1. The molecule has 2 N–H and O–H groups in total. The Kier molecular flexibility index (Phi) is 2.67. The van der Waals surface area contributed by atoms with Crippen molar-refractivity contribution in [1.29, 1.82) is 0 Å². The van der Waals surface area contributed by atoms with E-state index >= 15 is 0 Å². The van der Waals surface area contributed by atoms with Gasteiger partial charge < -0.3 is 5.73 Å². The molecule has 14 heavy (non-hydrogen) atoms. The van der Waals surface area contributed by atoms with Crippen LogP contribution in [-0.2, 0) is 0 Å². The lowest BCUT2D eigenvalue weighted by atomic mass is 10.1. The van der Waals surface area contributed by atoms with Crippen molar-refractivity contribution in [1.82, 2.24) is 4.98 Å². The van der Waals surface area contributed by atoms with Gasteiger partial charge in [-0.3, -0.25) is 0 Å².